The summed E-state index contributed by atoms with van der Waals surface area (Å²) in [5.41, 5.74) is -0.0220. The lowest BCUT2D eigenvalue weighted by Crippen LogP contribution is -2.37. The van der Waals surface area contributed by atoms with Gasteiger partial charge in [0, 0.05) is 29.8 Å². The van der Waals surface area contributed by atoms with Crippen molar-refractivity contribution in [2.45, 2.75) is 36.2 Å². The number of fused-ring (bicyclic) bond motifs is 1. The van der Waals surface area contributed by atoms with E-state index in [1.54, 1.807) is 18.2 Å². The molecule has 1 aromatic carbocycles. The van der Waals surface area contributed by atoms with Crippen molar-refractivity contribution in [2.24, 2.45) is 0 Å². The average molecular weight is 559 g/mol. The van der Waals surface area contributed by atoms with Gasteiger partial charge in [0.15, 0.2) is 5.65 Å². The second-order valence-corrected chi connectivity index (χ2v) is 11.0. The summed E-state index contributed by atoms with van der Waals surface area (Å²) >= 11 is 0.985. The summed E-state index contributed by atoms with van der Waals surface area (Å²) in [5.74, 6) is 0. The van der Waals surface area contributed by atoms with Crippen LogP contribution < -0.4 is 20.7 Å². The Morgan fingerprint density at radius 1 is 1.21 bits per heavy atom. The van der Waals surface area contributed by atoms with Crippen molar-refractivity contribution < 1.29 is 22.9 Å². The van der Waals surface area contributed by atoms with Gasteiger partial charge in [0.25, 0.3) is 10.0 Å². The van der Waals surface area contributed by atoms with E-state index in [1.807, 2.05) is 0 Å². The number of nitro groups is 1. The monoisotopic (exact) mass is 558 g/mol. The molecule has 5 rings (SSSR count). The van der Waals surface area contributed by atoms with Crippen molar-refractivity contribution in [1.82, 2.24) is 23.6 Å². The molecule has 1 saturated carbocycles. The molecule has 2 atom stereocenters. The number of hydrogen-bond acceptors (Lipinski definition) is 11. The van der Waals surface area contributed by atoms with Gasteiger partial charge in [-0.3, -0.25) is 15.4 Å². The summed E-state index contributed by atoms with van der Waals surface area (Å²) in [5, 5.41) is 21.1. The van der Waals surface area contributed by atoms with Gasteiger partial charge in [-0.2, -0.15) is 4.98 Å². The minimum absolute atomic E-state index is 0.0708. The maximum Gasteiger partial charge on any atom is 0.329 e. The van der Waals surface area contributed by atoms with E-state index < -0.39 is 21.0 Å². The van der Waals surface area contributed by atoms with Crippen LogP contribution in [0.25, 0.3) is 11.0 Å². The maximum absolute atomic E-state index is 13.2. The van der Waals surface area contributed by atoms with Gasteiger partial charge < -0.3 is 15.4 Å². The first-order valence-corrected chi connectivity index (χ1v) is 13.6. The summed E-state index contributed by atoms with van der Waals surface area (Å²) in [6, 6.07) is 8.66. The fourth-order valence-corrected chi connectivity index (χ4v) is 6.21. The molecule has 1 aliphatic carbocycles. The second kappa shape index (κ2) is 10.2. The van der Waals surface area contributed by atoms with Gasteiger partial charge in [0.2, 0.25) is 5.13 Å². The fraction of sp³-hybridized carbons (Fsp3) is 0.273. The van der Waals surface area contributed by atoms with Gasteiger partial charge in [-0.1, -0.05) is 18.2 Å². The maximum atomic E-state index is 13.2. The zero-order valence-electron chi connectivity index (χ0n) is 19.9. The van der Waals surface area contributed by atoms with Crippen molar-refractivity contribution in [3.05, 3.63) is 58.9 Å². The standard InChI is InChI=1S/C22H22N8O6S2/c1-36-21-27-22(37-28-21)26-20(31)25-14-8-7-13(11-14)24-18-16-9-10-29(19(16)23-12-17(18)30(32)33)38(34,35)15-5-3-2-4-6-15/h2-6,9-10,12-14H,7-8,11H2,1H3,(H,23,24)(H2,25,26,27,28,31)/t13-,14+/m1/s1. The number of carbonyl (C=O) groups excluding carboxylic acids is 1. The molecule has 3 N–H and O–H groups in total. The van der Waals surface area contributed by atoms with Crippen molar-refractivity contribution in [3.8, 4) is 6.01 Å². The van der Waals surface area contributed by atoms with E-state index in [1.165, 1.54) is 31.5 Å². The Morgan fingerprint density at radius 2 is 1.97 bits per heavy atom. The van der Waals surface area contributed by atoms with Gasteiger partial charge >= 0.3 is 17.7 Å². The predicted molar refractivity (Wildman–Crippen MR) is 139 cm³/mol. The molecule has 0 aliphatic heterocycles. The van der Waals surface area contributed by atoms with Crippen LogP contribution in [0.2, 0.25) is 0 Å². The first-order valence-electron chi connectivity index (χ1n) is 11.4. The molecule has 3 aromatic heterocycles. The molecule has 14 nitrogen and oxygen atoms in total. The number of methoxy groups -OCH3 is 1. The number of anilines is 2. The highest BCUT2D eigenvalue weighted by atomic mass is 32.2. The molecular weight excluding hydrogens is 536 g/mol. The molecular formula is C22H22N8O6S2. The largest absolute Gasteiger partial charge is 0.466 e. The predicted octanol–water partition coefficient (Wildman–Crippen LogP) is 3.20. The van der Waals surface area contributed by atoms with Crippen molar-refractivity contribution in [1.29, 1.82) is 0 Å². The number of ether oxygens (including phenoxy) is 1. The number of pyridine rings is 1. The first kappa shape index (κ1) is 25.3. The SMILES string of the molecule is COc1nsc(NC(=O)N[C@H]2CC[C@@H](Nc3c([N+](=O)[O-])cnc4c3ccn4S(=O)(=O)c3ccccc3)C2)n1. The molecule has 0 bridgehead atoms. The average Bonchev–Trinajstić information content (AvgIpc) is 3.64. The quantitative estimate of drug-likeness (QED) is 0.214. The summed E-state index contributed by atoms with van der Waals surface area (Å²) in [6.45, 7) is 0. The zero-order chi connectivity index (χ0) is 26.9. The second-order valence-electron chi connectivity index (χ2n) is 8.48. The van der Waals surface area contributed by atoms with Gasteiger partial charge in [0.05, 0.1) is 22.3 Å². The molecule has 16 heteroatoms. The smallest absolute Gasteiger partial charge is 0.329 e. The molecule has 1 aliphatic rings. The molecule has 0 spiro atoms. The Bertz CT molecular complexity index is 1600. The normalized spacial score (nSPS) is 17.3. The Hall–Kier alpha value is -4.31. The van der Waals surface area contributed by atoms with Gasteiger partial charge in [0.1, 0.15) is 11.9 Å². The molecule has 38 heavy (non-hydrogen) atoms. The highest BCUT2D eigenvalue weighted by Crippen LogP contribution is 2.36. The number of aromatic nitrogens is 4. The van der Waals surface area contributed by atoms with E-state index >= 15 is 0 Å². The number of hydrogen-bond donors (Lipinski definition) is 3. The van der Waals surface area contributed by atoms with Crippen molar-refractivity contribution in [2.75, 3.05) is 17.7 Å². The van der Waals surface area contributed by atoms with Crippen LogP contribution in [0.4, 0.5) is 21.3 Å². The van der Waals surface area contributed by atoms with E-state index in [0.29, 0.717) is 24.6 Å². The number of urea groups is 1. The van der Waals surface area contributed by atoms with E-state index in [-0.39, 0.29) is 45.1 Å². The van der Waals surface area contributed by atoms with E-state index in [4.69, 9.17) is 4.74 Å². The highest BCUT2D eigenvalue weighted by Gasteiger charge is 2.30. The lowest BCUT2D eigenvalue weighted by atomic mass is 10.2. The third-order valence-electron chi connectivity index (χ3n) is 6.08. The van der Waals surface area contributed by atoms with Crippen LogP contribution >= 0.6 is 11.5 Å². The molecule has 2 amide bonds. The van der Waals surface area contributed by atoms with E-state index in [9.17, 15) is 23.3 Å². The number of nitrogens with one attached hydrogen (secondary N) is 3. The summed E-state index contributed by atoms with van der Waals surface area (Å²) in [4.78, 5) is 31.8. The van der Waals surface area contributed by atoms with Crippen LogP contribution in [0.15, 0.2) is 53.7 Å². The van der Waals surface area contributed by atoms with Gasteiger partial charge in [-0.25, -0.2) is 22.2 Å². The highest BCUT2D eigenvalue weighted by molar-refractivity contribution is 7.90. The van der Waals surface area contributed by atoms with Crippen molar-refractivity contribution in [3.63, 3.8) is 0 Å². The minimum Gasteiger partial charge on any atom is -0.466 e. The third-order valence-corrected chi connectivity index (χ3v) is 8.38. The Balaban J connectivity index is 1.34. The number of benzene rings is 1. The molecule has 4 aromatic rings. The molecule has 0 radical (unpaired) electrons. The fourth-order valence-electron chi connectivity index (χ4n) is 4.35. The van der Waals surface area contributed by atoms with E-state index in [0.717, 1.165) is 21.7 Å². The topological polar surface area (TPSA) is 183 Å². The summed E-state index contributed by atoms with van der Waals surface area (Å²) in [7, 11) is -2.54. The minimum atomic E-state index is -3.96. The first-order chi connectivity index (χ1) is 18.3. The lowest BCUT2D eigenvalue weighted by molar-refractivity contribution is -0.384. The van der Waals surface area contributed by atoms with Gasteiger partial charge in [-0.05, 0) is 37.5 Å². The van der Waals surface area contributed by atoms with Crippen LogP contribution in [-0.2, 0) is 10.0 Å². The Labute approximate surface area is 220 Å². The number of rotatable bonds is 8. The van der Waals surface area contributed by atoms with Crippen LogP contribution in [0.5, 0.6) is 6.01 Å². The Morgan fingerprint density at radius 3 is 2.68 bits per heavy atom. The van der Waals surface area contributed by atoms with Gasteiger partial charge in [-0.15, -0.1) is 4.37 Å². The number of carbonyl (C=O) groups is 1. The van der Waals surface area contributed by atoms with Crippen LogP contribution in [0.1, 0.15) is 19.3 Å². The molecule has 1 fully saturated rings. The molecule has 0 saturated heterocycles. The van der Waals surface area contributed by atoms with Crippen LogP contribution in [0, 0.1) is 10.1 Å². The van der Waals surface area contributed by atoms with Crippen LogP contribution in [0.3, 0.4) is 0 Å². The summed E-state index contributed by atoms with van der Waals surface area (Å²) < 4.78 is 36.2. The van der Waals surface area contributed by atoms with E-state index in [2.05, 4.69) is 30.3 Å². The molecule has 0 unspecified atom stereocenters. The Kier molecular flexibility index (Phi) is 6.81. The molecule has 198 valence electrons. The molecule has 3 heterocycles. The van der Waals surface area contributed by atoms with Crippen molar-refractivity contribution >= 4 is 55.1 Å². The lowest BCUT2D eigenvalue weighted by Gasteiger charge is -2.16. The summed E-state index contributed by atoms with van der Waals surface area (Å²) in [6.07, 6.45) is 4.14. The number of amides is 2. The van der Waals surface area contributed by atoms with Crippen LogP contribution in [-0.4, -0.2) is 56.9 Å². The third kappa shape index (κ3) is 4.95. The zero-order valence-corrected chi connectivity index (χ0v) is 21.5. The number of nitrogens with zero attached hydrogens (tertiary/aromatic N) is 5.